The highest BCUT2D eigenvalue weighted by Crippen LogP contribution is 2.41. The molecule has 0 radical (unpaired) electrons. The summed E-state index contributed by atoms with van der Waals surface area (Å²) >= 11 is 3.62. The summed E-state index contributed by atoms with van der Waals surface area (Å²) in [5.74, 6) is 3.56. The highest BCUT2D eigenvalue weighted by Gasteiger charge is 2.41. The van der Waals surface area contributed by atoms with E-state index in [1.54, 1.807) is 0 Å². The lowest BCUT2D eigenvalue weighted by Gasteiger charge is -2.38. The molecule has 2 heterocycles. The summed E-state index contributed by atoms with van der Waals surface area (Å²) in [5, 5.41) is 6.08. The Morgan fingerprint density at radius 2 is 1.79 bits per heavy atom. The average molecular weight is 462 g/mol. The molecule has 1 saturated heterocycles. The first-order valence-corrected chi connectivity index (χ1v) is 13.6. The van der Waals surface area contributed by atoms with Crippen LogP contribution in [0.3, 0.4) is 0 Å². The van der Waals surface area contributed by atoms with Crippen LogP contribution in [0.25, 0.3) is 10.9 Å². The van der Waals surface area contributed by atoms with E-state index in [9.17, 15) is 0 Å². The minimum atomic E-state index is -1.79. The van der Waals surface area contributed by atoms with E-state index in [-0.39, 0.29) is 6.23 Å². The van der Waals surface area contributed by atoms with Gasteiger partial charge in [-0.05, 0) is 54.1 Å². The zero-order valence-corrected chi connectivity index (χ0v) is 20.6. The summed E-state index contributed by atoms with van der Waals surface area (Å²) in [6.07, 6.45) is 3.37. The molecule has 1 unspecified atom stereocenters. The van der Waals surface area contributed by atoms with E-state index in [0.717, 1.165) is 40.5 Å². The highest BCUT2D eigenvalue weighted by atomic mass is 79.9. The lowest BCUT2D eigenvalue weighted by atomic mass is 10.2. The van der Waals surface area contributed by atoms with Crippen LogP contribution in [0.15, 0.2) is 22.7 Å². The molecule has 1 atom stereocenters. The number of fused-ring (bicyclic) bond motifs is 1. The second kappa shape index (κ2) is 8.73. The number of nitrogens with zero attached hydrogens (tertiary/aromatic N) is 2. The van der Waals surface area contributed by atoms with Gasteiger partial charge >= 0.3 is 0 Å². The molecule has 1 aromatic heterocycles. The molecule has 0 bridgehead atoms. The number of rotatable bonds is 4. The Bertz CT molecular complexity index is 863. The third kappa shape index (κ3) is 3.97. The number of ether oxygens (including phenoxy) is 1. The van der Waals surface area contributed by atoms with Crippen molar-refractivity contribution in [3.8, 4) is 11.5 Å². The van der Waals surface area contributed by atoms with Gasteiger partial charge in [-0.15, -0.1) is 5.54 Å². The molecule has 0 N–H and O–H groups in total. The van der Waals surface area contributed by atoms with Crippen molar-refractivity contribution in [1.82, 2.24) is 9.78 Å². The van der Waals surface area contributed by atoms with Gasteiger partial charge in [0.25, 0.3) is 0 Å². The molecule has 3 rings (SSSR count). The molecule has 28 heavy (non-hydrogen) atoms. The summed E-state index contributed by atoms with van der Waals surface area (Å²) in [6.45, 7) is 14.9. The lowest BCUT2D eigenvalue weighted by Crippen LogP contribution is -2.43. The zero-order valence-electron chi connectivity index (χ0n) is 18.1. The van der Waals surface area contributed by atoms with Crippen LogP contribution in [0.1, 0.15) is 72.7 Å². The van der Waals surface area contributed by atoms with Gasteiger partial charge in [0.05, 0.1) is 5.52 Å². The predicted molar refractivity (Wildman–Crippen MR) is 124 cm³/mol. The fourth-order valence-electron chi connectivity index (χ4n) is 4.94. The second-order valence-corrected chi connectivity index (χ2v) is 15.4. The van der Waals surface area contributed by atoms with Crippen LogP contribution in [0.5, 0.6) is 0 Å². The minimum absolute atomic E-state index is 0.0234. The maximum atomic E-state index is 6.03. The topological polar surface area (TPSA) is 27.1 Å². The van der Waals surface area contributed by atoms with Gasteiger partial charge < -0.3 is 4.74 Å². The summed E-state index contributed by atoms with van der Waals surface area (Å²) < 4.78 is 9.15. The molecular formula is C23H33BrN2OSi. The van der Waals surface area contributed by atoms with Crippen LogP contribution in [-0.2, 0) is 4.74 Å². The maximum absolute atomic E-state index is 6.03. The smallest absolute Gasteiger partial charge is 0.150 e. The van der Waals surface area contributed by atoms with Gasteiger partial charge in [0, 0.05) is 16.5 Å². The van der Waals surface area contributed by atoms with E-state index in [4.69, 9.17) is 9.84 Å². The van der Waals surface area contributed by atoms with E-state index in [1.807, 2.05) is 0 Å². The van der Waals surface area contributed by atoms with Crippen molar-refractivity contribution in [2.45, 2.75) is 83.7 Å². The van der Waals surface area contributed by atoms with Gasteiger partial charge in [-0.2, -0.15) is 5.10 Å². The quantitative estimate of drug-likeness (QED) is 0.360. The van der Waals surface area contributed by atoms with E-state index in [1.165, 1.54) is 6.42 Å². The van der Waals surface area contributed by atoms with Crippen molar-refractivity contribution in [2.24, 2.45) is 0 Å². The summed E-state index contributed by atoms with van der Waals surface area (Å²) in [7, 11) is -1.79. The molecule has 1 aromatic carbocycles. The minimum Gasteiger partial charge on any atom is -0.356 e. The van der Waals surface area contributed by atoms with Gasteiger partial charge in [-0.1, -0.05) is 63.4 Å². The fraction of sp³-hybridized carbons (Fsp3) is 0.609. The Balaban J connectivity index is 2.13. The van der Waals surface area contributed by atoms with E-state index in [2.05, 4.69) is 91.8 Å². The number of halogens is 1. The molecular weight excluding hydrogens is 428 g/mol. The first-order valence-electron chi connectivity index (χ1n) is 10.6. The largest absolute Gasteiger partial charge is 0.356 e. The van der Waals surface area contributed by atoms with Crippen LogP contribution in [-0.4, -0.2) is 24.5 Å². The standard InChI is InChI=1S/C23H33BrN2OSi/c1-16(2)28(17(3)4,18(5)6)14-12-21-20-15-19(24)10-11-22(20)26(25-21)23-9-7-8-13-27-23/h10-11,15-18,23H,7-9,13H2,1-6H3. The van der Waals surface area contributed by atoms with E-state index >= 15 is 0 Å². The number of benzene rings is 1. The molecule has 0 amide bonds. The SMILES string of the molecule is CC(C)[Si](C#Cc1nn(C2CCCCO2)c2ccc(Br)cc12)(C(C)C)C(C)C. The maximum Gasteiger partial charge on any atom is 0.150 e. The van der Waals surface area contributed by atoms with Crippen molar-refractivity contribution in [3.63, 3.8) is 0 Å². The van der Waals surface area contributed by atoms with Gasteiger partial charge in [0.1, 0.15) is 13.8 Å². The van der Waals surface area contributed by atoms with Gasteiger partial charge in [0.15, 0.2) is 6.23 Å². The molecule has 3 nitrogen and oxygen atoms in total. The highest BCUT2D eigenvalue weighted by molar-refractivity contribution is 9.10. The zero-order chi connectivity index (χ0) is 20.5. The second-order valence-electron chi connectivity index (χ2n) is 8.92. The molecule has 2 aromatic rings. The Labute approximate surface area is 179 Å². The summed E-state index contributed by atoms with van der Waals surface area (Å²) in [5.41, 5.74) is 7.68. The van der Waals surface area contributed by atoms with Crippen molar-refractivity contribution in [1.29, 1.82) is 0 Å². The van der Waals surface area contributed by atoms with Crippen LogP contribution in [0.4, 0.5) is 0 Å². The number of hydrogen-bond donors (Lipinski definition) is 0. The molecule has 0 spiro atoms. The Morgan fingerprint density at radius 1 is 1.11 bits per heavy atom. The van der Waals surface area contributed by atoms with Crippen molar-refractivity contribution in [3.05, 3.63) is 28.4 Å². The van der Waals surface area contributed by atoms with Crippen molar-refractivity contribution >= 4 is 34.9 Å². The molecule has 1 aliphatic rings. The molecule has 152 valence electrons. The molecule has 1 fully saturated rings. The van der Waals surface area contributed by atoms with Crippen LogP contribution >= 0.6 is 15.9 Å². The summed E-state index contributed by atoms with van der Waals surface area (Å²) in [6, 6.07) is 6.36. The average Bonchev–Trinajstić information content (AvgIpc) is 3.00. The first kappa shape index (κ1) is 21.6. The Kier molecular flexibility index (Phi) is 6.74. The van der Waals surface area contributed by atoms with Crippen LogP contribution < -0.4 is 0 Å². The number of hydrogen-bond acceptors (Lipinski definition) is 2. The fourth-order valence-corrected chi connectivity index (χ4v) is 10.5. The monoisotopic (exact) mass is 460 g/mol. The van der Waals surface area contributed by atoms with Crippen LogP contribution in [0.2, 0.25) is 16.6 Å². The third-order valence-electron chi connectivity index (χ3n) is 6.36. The van der Waals surface area contributed by atoms with E-state index in [0.29, 0.717) is 16.6 Å². The van der Waals surface area contributed by atoms with Gasteiger partial charge in [-0.3, -0.25) is 0 Å². The number of aromatic nitrogens is 2. The Hall–Kier alpha value is -1.09. The van der Waals surface area contributed by atoms with Crippen LogP contribution in [0, 0.1) is 11.5 Å². The molecule has 5 heteroatoms. The van der Waals surface area contributed by atoms with Crippen molar-refractivity contribution < 1.29 is 4.74 Å². The third-order valence-corrected chi connectivity index (χ3v) is 13.1. The predicted octanol–water partition coefficient (Wildman–Crippen LogP) is 7.07. The summed E-state index contributed by atoms with van der Waals surface area (Å²) in [4.78, 5) is 0. The lowest BCUT2D eigenvalue weighted by molar-refractivity contribution is -0.0367. The van der Waals surface area contributed by atoms with Gasteiger partial charge in [0.2, 0.25) is 0 Å². The molecule has 0 aliphatic carbocycles. The van der Waals surface area contributed by atoms with E-state index < -0.39 is 8.07 Å². The van der Waals surface area contributed by atoms with Crippen molar-refractivity contribution in [2.75, 3.05) is 6.61 Å². The first-order chi connectivity index (χ1) is 13.3. The normalized spacial score (nSPS) is 18.1. The molecule has 1 aliphatic heterocycles. The molecule has 0 saturated carbocycles. The van der Waals surface area contributed by atoms with Gasteiger partial charge in [-0.25, -0.2) is 4.68 Å². The Morgan fingerprint density at radius 3 is 2.36 bits per heavy atom.